The number of hydrogen-bond donors (Lipinski definition) is 0. The number of nitro groups is 2. The molecule has 0 fully saturated rings. The van der Waals surface area contributed by atoms with Crippen molar-refractivity contribution in [2.45, 2.75) is 53.9 Å². The molecular formula is C46H18BrClF27IN4O4. The van der Waals surface area contributed by atoms with E-state index in [9.17, 15) is 139 Å². The molecule has 0 radical (unpaired) electrons. The third-order valence-electron chi connectivity index (χ3n) is 10.0. The predicted octanol–water partition coefficient (Wildman–Crippen LogP) is 18.5. The van der Waals surface area contributed by atoms with Crippen molar-refractivity contribution < 1.29 is 128 Å². The van der Waals surface area contributed by atoms with Gasteiger partial charge in [-0.3, -0.25) is 20.2 Å². The van der Waals surface area contributed by atoms with Gasteiger partial charge in [-0.2, -0.15) is 50.0 Å². The van der Waals surface area contributed by atoms with Crippen LogP contribution in [0, 0.1) is 210 Å². The van der Waals surface area contributed by atoms with Crippen molar-refractivity contribution in [3.63, 3.8) is 0 Å². The second kappa shape index (κ2) is 29.0. The molecule has 0 amide bonds. The Morgan fingerprint density at radius 2 is 0.619 bits per heavy atom. The summed E-state index contributed by atoms with van der Waals surface area (Å²) in [7, 11) is 0. The smallest absolute Gasteiger partial charge is 0.258 e. The second-order valence-corrected chi connectivity index (χ2v) is 17.5. The second-order valence-electron chi connectivity index (χ2n) is 15.2. The lowest BCUT2D eigenvalue weighted by atomic mass is 10.0. The Kier molecular flexibility index (Phi) is 25.8. The fourth-order valence-corrected chi connectivity index (χ4v) is 6.48. The van der Waals surface area contributed by atoms with E-state index in [4.69, 9.17) is 22.1 Å². The fraction of sp³-hybridized carbons (Fsp3) is 0.174. The quantitative estimate of drug-likeness (QED) is 0.0423. The van der Waals surface area contributed by atoms with Gasteiger partial charge >= 0.3 is 23.7 Å². The van der Waals surface area contributed by atoms with Crippen LogP contribution in [-0.2, 0) is 12.4 Å². The average Bonchev–Trinajstić information content (AvgIpc) is 3.23. The summed E-state index contributed by atoms with van der Waals surface area (Å²) in [6, 6.07) is 2.48. The van der Waals surface area contributed by atoms with Gasteiger partial charge in [-0.05, 0) is 80.1 Å². The van der Waals surface area contributed by atoms with E-state index in [-0.39, 0.29) is 0 Å². The lowest BCUT2D eigenvalue weighted by Crippen LogP contribution is -2.21. The molecule has 0 saturated heterocycles. The van der Waals surface area contributed by atoms with E-state index in [2.05, 4.69) is 15.9 Å². The van der Waals surface area contributed by atoms with Crippen LogP contribution in [0.25, 0.3) is 0 Å². The van der Waals surface area contributed by atoms with Crippen molar-refractivity contribution in [3.8, 4) is 12.1 Å². The van der Waals surface area contributed by atoms with Crippen molar-refractivity contribution >= 4 is 61.5 Å². The monoisotopic (exact) mass is 1440 g/mol. The molecule has 0 saturated carbocycles. The van der Waals surface area contributed by atoms with E-state index in [1.165, 1.54) is 34.7 Å². The Morgan fingerprint density at radius 3 is 0.881 bits per heavy atom. The van der Waals surface area contributed by atoms with Gasteiger partial charge in [0.05, 0.1) is 17.9 Å². The molecule has 0 unspecified atom stereocenters. The molecule has 8 nitrogen and oxygen atoms in total. The van der Waals surface area contributed by atoms with Crippen molar-refractivity contribution in [1.29, 1.82) is 10.5 Å². The Balaban J connectivity index is 0.000000507. The highest BCUT2D eigenvalue weighted by Gasteiger charge is 2.47. The van der Waals surface area contributed by atoms with Crippen LogP contribution in [0.3, 0.4) is 0 Å². The first-order valence-corrected chi connectivity index (χ1v) is 22.5. The van der Waals surface area contributed by atoms with E-state index in [0.717, 1.165) is 34.6 Å². The van der Waals surface area contributed by atoms with Crippen LogP contribution in [0.15, 0.2) is 4.47 Å². The summed E-state index contributed by atoms with van der Waals surface area (Å²) in [6.07, 6.45) is -11.4. The number of alkyl halides is 6. The summed E-state index contributed by atoms with van der Waals surface area (Å²) < 4.78 is 340. The van der Waals surface area contributed by atoms with Gasteiger partial charge in [0.1, 0.15) is 62.7 Å². The fourth-order valence-electron chi connectivity index (χ4n) is 5.49. The van der Waals surface area contributed by atoms with Gasteiger partial charge in [0.25, 0.3) is 5.82 Å². The average molecular weight is 1450 g/mol. The zero-order valence-corrected chi connectivity index (χ0v) is 45.3. The van der Waals surface area contributed by atoms with E-state index < -0.39 is 224 Å². The summed E-state index contributed by atoms with van der Waals surface area (Å²) in [4.78, 5) is 17.6. The minimum atomic E-state index is -5.70. The normalized spacial score (nSPS) is 10.8. The molecular weight excluding hydrogens is 1430 g/mol. The Labute approximate surface area is 475 Å². The van der Waals surface area contributed by atoms with Gasteiger partial charge in [0.15, 0.2) is 81.4 Å². The molecule has 38 heteroatoms. The molecule has 0 bridgehead atoms. The van der Waals surface area contributed by atoms with Crippen LogP contribution < -0.4 is 0 Å². The van der Waals surface area contributed by atoms with Gasteiger partial charge in [-0.1, -0.05) is 11.6 Å². The Hall–Kier alpha value is -7.29. The topological polar surface area (TPSA) is 134 Å². The maximum atomic E-state index is 13.1. The molecule has 0 aliphatic carbocycles. The van der Waals surface area contributed by atoms with Crippen molar-refractivity contribution in [2.75, 3.05) is 0 Å². The number of halogens is 30. The molecule has 0 atom stereocenters. The predicted molar refractivity (Wildman–Crippen MR) is 244 cm³/mol. The van der Waals surface area contributed by atoms with E-state index in [1.807, 2.05) is 0 Å². The van der Waals surface area contributed by atoms with Crippen molar-refractivity contribution in [1.82, 2.24) is 0 Å². The van der Waals surface area contributed by atoms with Gasteiger partial charge in [-0.25, -0.2) is 79.0 Å². The maximum absolute atomic E-state index is 13.1. The Morgan fingerprint density at radius 1 is 0.381 bits per heavy atom. The van der Waals surface area contributed by atoms with Gasteiger partial charge < -0.3 is 0 Å². The molecule has 0 N–H and O–H groups in total. The van der Waals surface area contributed by atoms with E-state index in [1.54, 1.807) is 0 Å². The number of hydrogen-bond acceptors (Lipinski definition) is 6. The minimum absolute atomic E-state index is 0.356. The van der Waals surface area contributed by atoms with E-state index >= 15 is 0 Å². The molecule has 0 aromatic heterocycles. The van der Waals surface area contributed by atoms with Crippen LogP contribution in [0.4, 0.5) is 130 Å². The zero-order valence-electron chi connectivity index (χ0n) is 40.8. The first-order valence-electron chi connectivity index (χ1n) is 20.3. The number of rotatable bonds is 2. The number of nitriles is 2. The molecule has 0 aliphatic rings. The highest BCUT2D eigenvalue weighted by atomic mass is 127. The largest absolute Gasteiger partial charge is 0.422 e. The third-order valence-corrected chi connectivity index (χ3v) is 12.0. The third kappa shape index (κ3) is 15.7. The van der Waals surface area contributed by atoms with Crippen molar-refractivity contribution in [3.05, 3.63) is 211 Å². The molecule has 6 aromatic rings. The van der Waals surface area contributed by atoms with Crippen molar-refractivity contribution in [2.24, 2.45) is 0 Å². The molecule has 0 aliphatic heterocycles. The van der Waals surface area contributed by atoms with Gasteiger partial charge in [0, 0.05) is 33.4 Å². The molecule has 456 valence electrons. The summed E-state index contributed by atoms with van der Waals surface area (Å²) in [5, 5.41) is 36.1. The summed E-state index contributed by atoms with van der Waals surface area (Å²) in [5.74, 6) is -34.4. The maximum Gasteiger partial charge on any atom is 0.422 e. The summed E-state index contributed by atoms with van der Waals surface area (Å²) in [5.41, 5.74) is -15.9. The molecule has 84 heavy (non-hydrogen) atoms. The van der Waals surface area contributed by atoms with Crippen LogP contribution in [0.1, 0.15) is 55.6 Å². The van der Waals surface area contributed by atoms with Gasteiger partial charge in [0.2, 0.25) is 11.6 Å². The van der Waals surface area contributed by atoms with Gasteiger partial charge in [-0.15, -0.1) is 0 Å². The minimum Gasteiger partial charge on any atom is -0.258 e. The SMILES string of the molecule is Cc1c(F)c(C#N)c(F)c(C#N)c1F.Cc1c(F)c(C(F)(F)F)c(F)c(C(F)(F)F)c1F.Cc1c(F)c(F)c(Br)c(F)c1F.Cc1c(F)c(F)c(Cl)c(F)c1F.Cc1c(F)c(F)c(I)c(F)c1F.Cc1c(F)c([N+](=O)[O-])c(F)c([N+](=O)[O-])c1F. The van der Waals surface area contributed by atoms with Crippen LogP contribution in [0.5, 0.6) is 0 Å². The van der Waals surface area contributed by atoms with Crippen LogP contribution >= 0.6 is 50.1 Å². The highest BCUT2D eigenvalue weighted by molar-refractivity contribution is 14.1. The lowest BCUT2D eigenvalue weighted by Gasteiger charge is -2.17. The molecule has 0 spiro atoms. The Bertz CT molecular complexity index is 3120. The number of benzene rings is 6. The first kappa shape index (κ1) is 74.7. The molecule has 6 rings (SSSR count). The van der Waals surface area contributed by atoms with Crippen LogP contribution in [-0.4, -0.2) is 9.85 Å². The highest BCUT2D eigenvalue weighted by Crippen LogP contribution is 2.43. The summed E-state index contributed by atoms with van der Waals surface area (Å²) >= 11 is 8.52. The number of nitrogens with zero attached hydrogens (tertiary/aromatic N) is 4. The molecule has 0 heterocycles. The van der Waals surface area contributed by atoms with E-state index in [0.29, 0.717) is 6.92 Å². The number of nitro benzene ring substituents is 2. The summed E-state index contributed by atoms with van der Waals surface area (Å²) in [6.45, 7) is 4.99. The lowest BCUT2D eigenvalue weighted by molar-refractivity contribution is -0.402. The zero-order chi connectivity index (χ0) is 66.4. The molecule has 6 aromatic carbocycles. The standard InChI is InChI=1S/C9H3F9.C9H3F3N2.C7H3BrF4.C7H3ClF4.C7H3F4I.C7H3F3N2O4/c1-2-5(10)3(8(13,14)15)7(12)4(6(2)11)9(16,17)18;1-4-7(10)5(2-13)9(12)6(3-14)8(4)11;2*1-2-4(9)6(11)3(8)7(12)5(2)10;1-2-3(8)5(10)7(12)6(11)4(2)9;1-2-3(8)6(11(13)14)5(10)7(4(2)9)12(15)16/h1H3;1H3;3*1H3;1H3. The van der Waals surface area contributed by atoms with Crippen LogP contribution in [0.2, 0.25) is 5.02 Å². The first-order chi connectivity index (χ1) is 38.1.